The smallest absolute Gasteiger partial charge is 0.325 e. The summed E-state index contributed by atoms with van der Waals surface area (Å²) < 4.78 is 0. The van der Waals surface area contributed by atoms with Gasteiger partial charge in [-0.05, 0) is 32.1 Å². The number of amides is 4. The lowest BCUT2D eigenvalue weighted by Gasteiger charge is -2.31. The van der Waals surface area contributed by atoms with Crippen LogP contribution in [0.5, 0.6) is 0 Å². The van der Waals surface area contributed by atoms with Crippen molar-refractivity contribution >= 4 is 29.6 Å². The van der Waals surface area contributed by atoms with Crippen LogP contribution in [0.2, 0.25) is 0 Å². The molecule has 0 radical (unpaired) electrons. The molecule has 1 fully saturated rings. The van der Waals surface area contributed by atoms with Gasteiger partial charge in [0.2, 0.25) is 23.6 Å². The molecule has 0 saturated carbocycles. The Morgan fingerprint density at radius 2 is 1.76 bits per heavy atom. The normalized spacial score (nSPS) is 19.3. The Labute approximate surface area is 169 Å². The monoisotopic (exact) mass is 413 g/mol. The van der Waals surface area contributed by atoms with Crippen LogP contribution in [0, 0.1) is 5.92 Å². The molecular weight excluding hydrogens is 382 g/mol. The van der Waals surface area contributed by atoms with Gasteiger partial charge in [0, 0.05) is 13.0 Å². The number of hydrogen-bond acceptors (Lipinski definition) is 6. The van der Waals surface area contributed by atoms with Gasteiger partial charge in [-0.15, -0.1) is 0 Å². The van der Waals surface area contributed by atoms with Crippen molar-refractivity contribution in [3.63, 3.8) is 0 Å². The van der Waals surface area contributed by atoms with Crippen molar-refractivity contribution in [2.75, 3.05) is 6.54 Å². The Morgan fingerprint density at radius 1 is 1.14 bits per heavy atom. The molecule has 7 N–H and O–H groups in total. The number of carbonyl (C=O) groups is 5. The molecule has 0 aromatic carbocycles. The van der Waals surface area contributed by atoms with E-state index >= 15 is 0 Å². The molecule has 11 nitrogen and oxygen atoms in total. The van der Waals surface area contributed by atoms with E-state index in [9.17, 15) is 24.0 Å². The second-order valence-electron chi connectivity index (χ2n) is 7.60. The van der Waals surface area contributed by atoms with Gasteiger partial charge >= 0.3 is 5.97 Å². The van der Waals surface area contributed by atoms with E-state index in [-0.39, 0.29) is 18.8 Å². The van der Waals surface area contributed by atoms with Crippen molar-refractivity contribution in [3.05, 3.63) is 0 Å². The van der Waals surface area contributed by atoms with Crippen LogP contribution < -0.4 is 22.1 Å². The second kappa shape index (κ2) is 10.7. The fourth-order valence-electron chi connectivity index (χ4n) is 3.06. The molecule has 1 heterocycles. The lowest BCUT2D eigenvalue weighted by atomic mass is 10.0. The minimum atomic E-state index is -1.17. The van der Waals surface area contributed by atoms with E-state index in [2.05, 4.69) is 10.6 Å². The maximum Gasteiger partial charge on any atom is 0.325 e. The molecule has 1 saturated heterocycles. The first-order valence-corrected chi connectivity index (χ1v) is 9.63. The van der Waals surface area contributed by atoms with Crippen LogP contribution in [0.4, 0.5) is 0 Å². The Balaban J connectivity index is 2.84. The van der Waals surface area contributed by atoms with E-state index in [1.165, 1.54) is 11.8 Å². The molecular formula is C18H31N5O6. The highest BCUT2D eigenvalue weighted by atomic mass is 16.4. The zero-order valence-electron chi connectivity index (χ0n) is 17.0. The molecule has 4 unspecified atom stereocenters. The Hall–Kier alpha value is -2.69. The van der Waals surface area contributed by atoms with Crippen LogP contribution in [0.1, 0.15) is 46.5 Å². The van der Waals surface area contributed by atoms with Crippen molar-refractivity contribution in [2.45, 2.75) is 70.6 Å². The largest absolute Gasteiger partial charge is 0.480 e. The van der Waals surface area contributed by atoms with Gasteiger partial charge in [-0.2, -0.15) is 0 Å². The van der Waals surface area contributed by atoms with Crippen molar-refractivity contribution < 1.29 is 29.1 Å². The third-order valence-corrected chi connectivity index (χ3v) is 4.84. The molecule has 1 rings (SSSR count). The number of carboxylic acids is 1. The van der Waals surface area contributed by atoms with Gasteiger partial charge in [0.15, 0.2) is 0 Å². The first kappa shape index (κ1) is 24.3. The van der Waals surface area contributed by atoms with Crippen LogP contribution in [-0.2, 0) is 24.0 Å². The minimum Gasteiger partial charge on any atom is -0.480 e. The zero-order valence-corrected chi connectivity index (χ0v) is 17.0. The molecule has 4 atom stereocenters. The first-order chi connectivity index (χ1) is 13.5. The molecule has 29 heavy (non-hydrogen) atoms. The first-order valence-electron chi connectivity index (χ1n) is 9.63. The van der Waals surface area contributed by atoms with Gasteiger partial charge in [0.25, 0.3) is 0 Å². The van der Waals surface area contributed by atoms with E-state index in [0.717, 1.165) is 0 Å². The highest BCUT2D eigenvalue weighted by molar-refractivity contribution is 5.94. The fraction of sp³-hybridized carbons (Fsp3) is 0.722. The van der Waals surface area contributed by atoms with Crippen molar-refractivity contribution in [1.82, 2.24) is 15.5 Å². The number of nitrogens with two attached hydrogens (primary N) is 2. The number of likely N-dealkylation sites (tertiary alicyclic amines) is 1. The van der Waals surface area contributed by atoms with Crippen molar-refractivity contribution in [2.24, 2.45) is 17.4 Å². The third-order valence-electron chi connectivity index (χ3n) is 4.84. The average molecular weight is 413 g/mol. The third kappa shape index (κ3) is 7.00. The lowest BCUT2D eigenvalue weighted by Crippen LogP contribution is -2.58. The van der Waals surface area contributed by atoms with Crippen LogP contribution in [0.25, 0.3) is 0 Å². The van der Waals surface area contributed by atoms with Crippen LogP contribution >= 0.6 is 0 Å². The van der Waals surface area contributed by atoms with Gasteiger partial charge in [-0.1, -0.05) is 13.8 Å². The molecule has 0 spiro atoms. The highest BCUT2D eigenvalue weighted by Gasteiger charge is 2.39. The van der Waals surface area contributed by atoms with Gasteiger partial charge in [-0.25, -0.2) is 0 Å². The van der Waals surface area contributed by atoms with Gasteiger partial charge in [0.05, 0.1) is 6.04 Å². The number of aliphatic carboxylic acids is 1. The summed E-state index contributed by atoms with van der Waals surface area (Å²) >= 11 is 0. The maximum absolute atomic E-state index is 13.0. The summed E-state index contributed by atoms with van der Waals surface area (Å²) in [6.45, 7) is 5.15. The van der Waals surface area contributed by atoms with Gasteiger partial charge in [0.1, 0.15) is 18.1 Å². The summed E-state index contributed by atoms with van der Waals surface area (Å²) in [6, 6.07) is -3.78. The maximum atomic E-state index is 13.0. The van der Waals surface area contributed by atoms with Crippen molar-refractivity contribution in [1.29, 1.82) is 0 Å². The standard InChI is InChI=1S/C18H31N5O6/c1-9(2)14(22-15(25)11(19)6-7-13(20)24)17(27)23-8-4-5-12(23)16(26)21-10(3)18(28)29/h9-12,14H,4-8,19H2,1-3H3,(H2,20,24)(H,21,26)(H,22,25)(H,28,29). The summed E-state index contributed by atoms with van der Waals surface area (Å²) in [5, 5.41) is 13.9. The predicted octanol–water partition coefficient (Wildman–Crippen LogP) is -1.70. The summed E-state index contributed by atoms with van der Waals surface area (Å²) in [5.74, 6) is -3.60. The number of primary amides is 1. The molecule has 11 heteroatoms. The molecule has 1 aliphatic rings. The molecule has 164 valence electrons. The lowest BCUT2D eigenvalue weighted by molar-refractivity contribution is -0.145. The molecule has 4 amide bonds. The van der Waals surface area contributed by atoms with E-state index in [4.69, 9.17) is 16.6 Å². The molecule has 1 aliphatic heterocycles. The molecule has 0 aromatic rings. The summed E-state index contributed by atoms with van der Waals surface area (Å²) in [4.78, 5) is 61.0. The van der Waals surface area contributed by atoms with E-state index < -0.39 is 53.8 Å². The number of nitrogens with one attached hydrogen (secondary N) is 2. The van der Waals surface area contributed by atoms with E-state index in [0.29, 0.717) is 19.4 Å². The second-order valence-corrected chi connectivity index (χ2v) is 7.60. The summed E-state index contributed by atoms with van der Waals surface area (Å²) in [5.41, 5.74) is 10.8. The molecule has 0 aliphatic carbocycles. The quantitative estimate of drug-likeness (QED) is 0.282. The summed E-state index contributed by atoms with van der Waals surface area (Å²) in [7, 11) is 0. The number of hydrogen-bond donors (Lipinski definition) is 5. The van der Waals surface area contributed by atoms with E-state index in [1.807, 2.05) is 0 Å². The molecule has 0 aromatic heterocycles. The zero-order chi connectivity index (χ0) is 22.3. The number of rotatable bonds is 10. The molecule has 0 bridgehead atoms. The predicted molar refractivity (Wildman–Crippen MR) is 103 cm³/mol. The minimum absolute atomic E-state index is 0.0506. The van der Waals surface area contributed by atoms with Crippen LogP contribution in [0.15, 0.2) is 0 Å². The van der Waals surface area contributed by atoms with E-state index in [1.54, 1.807) is 13.8 Å². The topological polar surface area (TPSA) is 185 Å². The Morgan fingerprint density at radius 3 is 2.28 bits per heavy atom. The van der Waals surface area contributed by atoms with Crippen LogP contribution in [0.3, 0.4) is 0 Å². The average Bonchev–Trinajstić information content (AvgIpc) is 3.12. The number of carbonyl (C=O) groups excluding carboxylic acids is 4. The SMILES string of the molecule is CC(NC(=O)C1CCCN1C(=O)C(NC(=O)C(N)CCC(N)=O)C(C)C)C(=O)O. The Bertz CT molecular complexity index is 653. The van der Waals surface area contributed by atoms with Gasteiger partial charge in [-0.3, -0.25) is 24.0 Å². The number of nitrogens with zero attached hydrogens (tertiary/aromatic N) is 1. The van der Waals surface area contributed by atoms with Crippen molar-refractivity contribution in [3.8, 4) is 0 Å². The fourth-order valence-corrected chi connectivity index (χ4v) is 3.06. The number of carboxylic acid groups (broad SMARTS) is 1. The highest BCUT2D eigenvalue weighted by Crippen LogP contribution is 2.20. The van der Waals surface area contributed by atoms with Gasteiger partial charge < -0.3 is 32.1 Å². The summed E-state index contributed by atoms with van der Waals surface area (Å²) in [6.07, 6.45) is 0.996. The van der Waals surface area contributed by atoms with Crippen LogP contribution in [-0.4, -0.2) is 70.3 Å². The Kier molecular flexibility index (Phi) is 9.02.